The van der Waals surface area contributed by atoms with E-state index in [-0.39, 0.29) is 23.7 Å². The predicted molar refractivity (Wildman–Crippen MR) is 112 cm³/mol. The molecule has 0 bridgehead atoms. The third-order valence-electron chi connectivity index (χ3n) is 5.21. The Hall–Kier alpha value is -3.73. The van der Waals surface area contributed by atoms with E-state index < -0.39 is 17.7 Å². The molecule has 0 spiro atoms. The van der Waals surface area contributed by atoms with Crippen LogP contribution in [0.1, 0.15) is 28.3 Å². The number of likely N-dealkylation sites (tertiary alicyclic amines) is 1. The molecule has 4 rings (SSSR count). The van der Waals surface area contributed by atoms with E-state index in [4.69, 9.17) is 0 Å². The van der Waals surface area contributed by atoms with Gasteiger partial charge in [0.1, 0.15) is 11.6 Å². The van der Waals surface area contributed by atoms with E-state index in [1.54, 1.807) is 36.4 Å². The summed E-state index contributed by atoms with van der Waals surface area (Å²) >= 11 is 0. The third-order valence-corrected chi connectivity index (χ3v) is 5.21. The van der Waals surface area contributed by atoms with E-state index in [1.807, 2.05) is 37.3 Å². The molecule has 0 aromatic heterocycles. The van der Waals surface area contributed by atoms with Gasteiger partial charge in [0.05, 0.1) is 11.6 Å². The molecule has 1 fully saturated rings. The molecule has 1 atom stereocenters. The zero-order valence-corrected chi connectivity index (χ0v) is 16.4. The molecular weight excluding hydrogens is 381 g/mol. The van der Waals surface area contributed by atoms with Crippen molar-refractivity contribution < 1.29 is 19.1 Å². The fourth-order valence-corrected chi connectivity index (χ4v) is 3.77. The van der Waals surface area contributed by atoms with E-state index in [1.165, 1.54) is 17.0 Å². The maximum atomic E-state index is 13.3. The molecule has 1 aliphatic rings. The molecule has 1 N–H and O–H groups in total. The van der Waals surface area contributed by atoms with Crippen LogP contribution >= 0.6 is 0 Å². The summed E-state index contributed by atoms with van der Waals surface area (Å²) in [6.45, 7) is 2.04. The van der Waals surface area contributed by atoms with Crippen molar-refractivity contribution in [2.24, 2.45) is 0 Å². The number of amides is 1. The quantitative estimate of drug-likeness (QED) is 0.390. The van der Waals surface area contributed by atoms with Crippen LogP contribution in [0.3, 0.4) is 0 Å². The Morgan fingerprint density at radius 3 is 2.33 bits per heavy atom. The van der Waals surface area contributed by atoms with Crippen LogP contribution in [-0.4, -0.2) is 21.7 Å². The second kappa shape index (κ2) is 7.95. The fourth-order valence-electron chi connectivity index (χ4n) is 3.77. The highest BCUT2D eigenvalue weighted by Crippen LogP contribution is 2.40. The van der Waals surface area contributed by atoms with E-state index >= 15 is 0 Å². The van der Waals surface area contributed by atoms with Crippen LogP contribution in [0, 0.1) is 12.7 Å². The molecule has 4 nitrogen and oxygen atoms in total. The van der Waals surface area contributed by atoms with Crippen molar-refractivity contribution in [2.75, 3.05) is 0 Å². The third kappa shape index (κ3) is 3.62. The van der Waals surface area contributed by atoms with Crippen molar-refractivity contribution >= 4 is 17.4 Å². The number of aryl methyl sites for hydroxylation is 1. The molecule has 1 unspecified atom stereocenters. The number of hydrogen-bond donors (Lipinski definition) is 1. The van der Waals surface area contributed by atoms with Gasteiger partial charge in [0.2, 0.25) is 0 Å². The van der Waals surface area contributed by atoms with E-state index in [2.05, 4.69) is 0 Å². The smallest absolute Gasteiger partial charge is 0.295 e. The summed E-state index contributed by atoms with van der Waals surface area (Å²) in [5.74, 6) is -2.00. The summed E-state index contributed by atoms with van der Waals surface area (Å²) < 4.78 is 13.3. The molecule has 1 aliphatic heterocycles. The SMILES string of the molecule is Cc1cccc(C2/C(=C(/O)c3ccccc3)C(=O)C(=O)N2Cc2ccc(F)cc2)c1. The second-order valence-corrected chi connectivity index (χ2v) is 7.33. The molecular formula is C25H20FNO3. The largest absolute Gasteiger partial charge is 0.507 e. The van der Waals surface area contributed by atoms with Crippen molar-refractivity contribution in [3.8, 4) is 0 Å². The number of aliphatic hydroxyl groups is 1. The normalized spacial score (nSPS) is 18.1. The summed E-state index contributed by atoms with van der Waals surface area (Å²) in [5.41, 5.74) is 2.91. The highest BCUT2D eigenvalue weighted by atomic mass is 19.1. The Bertz CT molecular complexity index is 1140. The zero-order valence-electron chi connectivity index (χ0n) is 16.4. The Morgan fingerprint density at radius 2 is 1.67 bits per heavy atom. The van der Waals surface area contributed by atoms with Gasteiger partial charge in [0.15, 0.2) is 0 Å². The molecule has 0 radical (unpaired) electrons. The minimum atomic E-state index is -0.741. The minimum absolute atomic E-state index is 0.0545. The number of carbonyl (C=O) groups is 2. The van der Waals surface area contributed by atoms with Gasteiger partial charge in [-0.15, -0.1) is 0 Å². The van der Waals surface area contributed by atoms with Crippen LogP contribution in [0.5, 0.6) is 0 Å². The van der Waals surface area contributed by atoms with Crippen LogP contribution in [-0.2, 0) is 16.1 Å². The first kappa shape index (κ1) is 19.6. The lowest BCUT2D eigenvalue weighted by atomic mass is 9.94. The molecule has 1 heterocycles. The second-order valence-electron chi connectivity index (χ2n) is 7.33. The Kier molecular flexibility index (Phi) is 5.19. The highest BCUT2D eigenvalue weighted by Gasteiger charge is 2.46. The molecule has 1 saturated heterocycles. The van der Waals surface area contributed by atoms with E-state index in [9.17, 15) is 19.1 Å². The first-order valence-electron chi connectivity index (χ1n) is 9.60. The number of Topliss-reactive ketones (excluding diaryl/α,β-unsaturated/α-hetero) is 1. The maximum Gasteiger partial charge on any atom is 0.295 e. The van der Waals surface area contributed by atoms with Crippen LogP contribution < -0.4 is 0 Å². The maximum absolute atomic E-state index is 13.3. The zero-order chi connectivity index (χ0) is 21.3. The van der Waals surface area contributed by atoms with Gasteiger partial charge in [-0.1, -0.05) is 72.3 Å². The first-order chi connectivity index (χ1) is 14.5. The van der Waals surface area contributed by atoms with Gasteiger partial charge in [-0.05, 0) is 30.2 Å². The van der Waals surface area contributed by atoms with E-state index in [0.717, 1.165) is 11.1 Å². The minimum Gasteiger partial charge on any atom is -0.507 e. The van der Waals surface area contributed by atoms with Crippen molar-refractivity contribution in [1.29, 1.82) is 0 Å². The van der Waals surface area contributed by atoms with Gasteiger partial charge in [0, 0.05) is 12.1 Å². The summed E-state index contributed by atoms with van der Waals surface area (Å²) in [5, 5.41) is 11.0. The fraction of sp³-hybridized carbons (Fsp3) is 0.120. The van der Waals surface area contributed by atoms with Gasteiger partial charge in [0.25, 0.3) is 11.7 Å². The number of hydrogen-bond acceptors (Lipinski definition) is 3. The highest BCUT2D eigenvalue weighted by molar-refractivity contribution is 6.46. The van der Waals surface area contributed by atoms with Crippen molar-refractivity contribution in [3.63, 3.8) is 0 Å². The number of ketones is 1. The first-order valence-corrected chi connectivity index (χ1v) is 9.60. The predicted octanol–water partition coefficient (Wildman–Crippen LogP) is 4.76. The van der Waals surface area contributed by atoms with Crippen LogP contribution in [0.4, 0.5) is 4.39 Å². The molecule has 150 valence electrons. The standard InChI is InChI=1S/C25H20FNO3/c1-16-6-5-9-19(14-16)22-21(23(28)18-7-3-2-4-8-18)24(29)25(30)27(22)15-17-10-12-20(26)13-11-17/h2-14,22,28H,15H2,1H3/b23-21-. The van der Waals surface area contributed by atoms with Gasteiger partial charge in [-0.3, -0.25) is 9.59 Å². The molecule has 5 heteroatoms. The monoisotopic (exact) mass is 401 g/mol. The number of nitrogens with zero attached hydrogens (tertiary/aromatic N) is 1. The molecule has 0 saturated carbocycles. The van der Waals surface area contributed by atoms with Gasteiger partial charge in [-0.2, -0.15) is 0 Å². The van der Waals surface area contributed by atoms with E-state index in [0.29, 0.717) is 11.1 Å². The summed E-state index contributed by atoms with van der Waals surface area (Å²) in [6.07, 6.45) is 0. The molecule has 3 aromatic rings. The Balaban J connectivity index is 1.86. The summed E-state index contributed by atoms with van der Waals surface area (Å²) in [7, 11) is 0. The average Bonchev–Trinajstić information content (AvgIpc) is 3.00. The number of aliphatic hydroxyl groups excluding tert-OH is 1. The topological polar surface area (TPSA) is 57.6 Å². The van der Waals surface area contributed by atoms with Crippen molar-refractivity contribution in [1.82, 2.24) is 4.90 Å². The van der Waals surface area contributed by atoms with Crippen LogP contribution in [0.15, 0.2) is 84.4 Å². The number of rotatable bonds is 4. The lowest BCUT2D eigenvalue weighted by Crippen LogP contribution is -2.29. The van der Waals surface area contributed by atoms with Gasteiger partial charge in [-0.25, -0.2) is 4.39 Å². The number of halogens is 1. The lowest BCUT2D eigenvalue weighted by Gasteiger charge is -2.25. The molecule has 0 aliphatic carbocycles. The molecule has 3 aromatic carbocycles. The van der Waals surface area contributed by atoms with Crippen LogP contribution in [0.25, 0.3) is 5.76 Å². The average molecular weight is 401 g/mol. The summed E-state index contributed by atoms with van der Waals surface area (Å²) in [6, 6.07) is 21.3. The van der Waals surface area contributed by atoms with Crippen LogP contribution in [0.2, 0.25) is 0 Å². The number of benzene rings is 3. The Labute approximate surface area is 173 Å². The summed E-state index contributed by atoms with van der Waals surface area (Å²) in [4.78, 5) is 27.4. The van der Waals surface area contributed by atoms with Gasteiger partial charge >= 0.3 is 0 Å². The molecule has 1 amide bonds. The number of carbonyl (C=O) groups excluding carboxylic acids is 2. The van der Waals surface area contributed by atoms with Crippen molar-refractivity contribution in [2.45, 2.75) is 19.5 Å². The Morgan fingerprint density at radius 1 is 0.967 bits per heavy atom. The lowest BCUT2D eigenvalue weighted by molar-refractivity contribution is -0.140. The van der Waals surface area contributed by atoms with Gasteiger partial charge < -0.3 is 10.0 Å². The molecule has 30 heavy (non-hydrogen) atoms. The van der Waals surface area contributed by atoms with Crippen molar-refractivity contribution in [3.05, 3.63) is 113 Å².